The standard InChI is InChI=1S/C18H17FN2O5/c1-9(22)21-16(18(24)25)11-3-5-14(19)12(8-11)10-4-6-15(26-2)13(7-10)17(20)23/h3-8,16H,1-2H3,(H2,20,23)(H,21,22)(H,24,25). The van der Waals surface area contributed by atoms with Crippen molar-refractivity contribution in [2.75, 3.05) is 7.11 Å². The summed E-state index contributed by atoms with van der Waals surface area (Å²) >= 11 is 0. The van der Waals surface area contributed by atoms with Crippen LogP contribution in [0.3, 0.4) is 0 Å². The van der Waals surface area contributed by atoms with Gasteiger partial charge in [-0.1, -0.05) is 12.1 Å². The van der Waals surface area contributed by atoms with Gasteiger partial charge in [0.05, 0.1) is 12.7 Å². The van der Waals surface area contributed by atoms with Gasteiger partial charge in [0.25, 0.3) is 5.91 Å². The van der Waals surface area contributed by atoms with E-state index in [9.17, 15) is 23.9 Å². The summed E-state index contributed by atoms with van der Waals surface area (Å²) < 4.78 is 19.4. The second-order valence-electron chi connectivity index (χ2n) is 5.49. The fourth-order valence-electron chi connectivity index (χ4n) is 2.50. The summed E-state index contributed by atoms with van der Waals surface area (Å²) in [5.41, 5.74) is 5.92. The molecule has 0 aromatic heterocycles. The molecule has 0 spiro atoms. The minimum Gasteiger partial charge on any atom is -0.496 e. The summed E-state index contributed by atoms with van der Waals surface area (Å²) in [5.74, 6) is -2.96. The molecule has 0 fully saturated rings. The van der Waals surface area contributed by atoms with Gasteiger partial charge in [-0.2, -0.15) is 0 Å². The minimum absolute atomic E-state index is 0.0595. The van der Waals surface area contributed by atoms with Crippen LogP contribution in [0.15, 0.2) is 36.4 Å². The average Bonchev–Trinajstić information content (AvgIpc) is 2.59. The van der Waals surface area contributed by atoms with E-state index < -0.39 is 29.6 Å². The zero-order valence-corrected chi connectivity index (χ0v) is 14.1. The van der Waals surface area contributed by atoms with Crippen molar-refractivity contribution in [3.63, 3.8) is 0 Å². The van der Waals surface area contributed by atoms with Crippen LogP contribution in [0.5, 0.6) is 5.75 Å². The van der Waals surface area contributed by atoms with Crippen molar-refractivity contribution in [3.05, 3.63) is 53.3 Å². The van der Waals surface area contributed by atoms with Gasteiger partial charge < -0.3 is 20.9 Å². The van der Waals surface area contributed by atoms with E-state index in [2.05, 4.69) is 5.32 Å². The third kappa shape index (κ3) is 3.97. The van der Waals surface area contributed by atoms with E-state index in [-0.39, 0.29) is 22.4 Å². The fourth-order valence-corrected chi connectivity index (χ4v) is 2.50. The van der Waals surface area contributed by atoms with Crippen LogP contribution in [0.4, 0.5) is 4.39 Å². The van der Waals surface area contributed by atoms with Gasteiger partial charge >= 0.3 is 5.97 Å². The maximum Gasteiger partial charge on any atom is 0.330 e. The van der Waals surface area contributed by atoms with Crippen molar-refractivity contribution < 1.29 is 28.6 Å². The van der Waals surface area contributed by atoms with Crippen molar-refractivity contribution >= 4 is 17.8 Å². The van der Waals surface area contributed by atoms with E-state index >= 15 is 0 Å². The first-order valence-corrected chi connectivity index (χ1v) is 7.52. The summed E-state index contributed by atoms with van der Waals surface area (Å²) in [6.07, 6.45) is 0. The number of nitrogens with one attached hydrogen (secondary N) is 1. The van der Waals surface area contributed by atoms with Crippen molar-refractivity contribution in [1.29, 1.82) is 0 Å². The lowest BCUT2D eigenvalue weighted by Crippen LogP contribution is -2.32. The van der Waals surface area contributed by atoms with Crippen LogP contribution in [0.25, 0.3) is 11.1 Å². The van der Waals surface area contributed by atoms with Gasteiger partial charge in [0.2, 0.25) is 5.91 Å². The third-order valence-electron chi connectivity index (χ3n) is 3.69. The van der Waals surface area contributed by atoms with Crippen molar-refractivity contribution in [1.82, 2.24) is 5.32 Å². The van der Waals surface area contributed by atoms with E-state index in [1.165, 1.54) is 44.4 Å². The van der Waals surface area contributed by atoms with Crippen LogP contribution >= 0.6 is 0 Å². The maximum absolute atomic E-state index is 14.3. The van der Waals surface area contributed by atoms with Crippen molar-refractivity contribution in [2.24, 2.45) is 5.73 Å². The van der Waals surface area contributed by atoms with Gasteiger partial charge in [0, 0.05) is 12.5 Å². The predicted octanol–water partition coefficient (Wildman–Crippen LogP) is 1.86. The molecule has 1 atom stereocenters. The van der Waals surface area contributed by atoms with E-state index in [0.29, 0.717) is 5.56 Å². The van der Waals surface area contributed by atoms with E-state index in [4.69, 9.17) is 10.5 Å². The van der Waals surface area contributed by atoms with Crippen LogP contribution in [0.1, 0.15) is 28.9 Å². The number of ether oxygens (including phenoxy) is 1. The number of rotatable bonds is 6. The maximum atomic E-state index is 14.3. The molecule has 2 aromatic carbocycles. The molecule has 0 heterocycles. The number of carboxylic acids is 1. The number of aliphatic carboxylic acids is 1. The second kappa shape index (κ2) is 7.64. The molecule has 0 aliphatic heterocycles. The fraction of sp³-hybridized carbons (Fsp3) is 0.167. The SMILES string of the molecule is COc1ccc(-c2cc(C(NC(C)=O)C(=O)O)ccc2F)cc1C(N)=O. The zero-order valence-electron chi connectivity index (χ0n) is 14.1. The molecule has 0 bridgehead atoms. The summed E-state index contributed by atoms with van der Waals surface area (Å²) in [5, 5.41) is 11.6. The lowest BCUT2D eigenvalue weighted by Gasteiger charge is -2.16. The van der Waals surface area contributed by atoms with E-state index in [0.717, 1.165) is 6.07 Å². The Bertz CT molecular complexity index is 882. The smallest absolute Gasteiger partial charge is 0.330 e. The Hall–Kier alpha value is -3.42. The normalized spacial score (nSPS) is 11.5. The van der Waals surface area contributed by atoms with Crippen molar-refractivity contribution in [2.45, 2.75) is 13.0 Å². The quantitative estimate of drug-likeness (QED) is 0.726. The molecule has 4 N–H and O–H groups in total. The first-order chi connectivity index (χ1) is 12.2. The highest BCUT2D eigenvalue weighted by Gasteiger charge is 2.22. The summed E-state index contributed by atoms with van der Waals surface area (Å²) in [6, 6.07) is 6.67. The van der Waals surface area contributed by atoms with Gasteiger partial charge in [-0.3, -0.25) is 9.59 Å². The molecule has 0 aliphatic rings. The van der Waals surface area contributed by atoms with Crippen LogP contribution in [-0.2, 0) is 9.59 Å². The molecule has 2 amide bonds. The van der Waals surface area contributed by atoms with Gasteiger partial charge in [-0.05, 0) is 35.4 Å². The molecule has 1 unspecified atom stereocenters. The lowest BCUT2D eigenvalue weighted by atomic mass is 9.97. The molecule has 0 radical (unpaired) electrons. The average molecular weight is 360 g/mol. The number of primary amides is 1. The van der Waals surface area contributed by atoms with Gasteiger partial charge in [0.15, 0.2) is 6.04 Å². The monoisotopic (exact) mass is 360 g/mol. The largest absolute Gasteiger partial charge is 0.496 e. The van der Waals surface area contributed by atoms with Gasteiger partial charge in [-0.25, -0.2) is 9.18 Å². The Labute approximate surface area is 148 Å². The van der Waals surface area contributed by atoms with E-state index in [1.807, 2.05) is 0 Å². The number of halogens is 1. The number of nitrogens with two attached hydrogens (primary N) is 1. The first kappa shape index (κ1) is 18.9. The van der Waals surface area contributed by atoms with Crippen LogP contribution in [0, 0.1) is 5.82 Å². The highest BCUT2D eigenvalue weighted by Crippen LogP contribution is 2.30. The number of methoxy groups -OCH3 is 1. The summed E-state index contributed by atoms with van der Waals surface area (Å²) in [4.78, 5) is 34.2. The lowest BCUT2D eigenvalue weighted by molar-refractivity contribution is -0.141. The third-order valence-corrected chi connectivity index (χ3v) is 3.69. The van der Waals surface area contributed by atoms with Crippen molar-refractivity contribution in [3.8, 4) is 16.9 Å². The molecule has 0 saturated carbocycles. The number of carboxylic acid groups (broad SMARTS) is 1. The molecule has 0 aliphatic carbocycles. The molecule has 26 heavy (non-hydrogen) atoms. The summed E-state index contributed by atoms with van der Waals surface area (Å²) in [6.45, 7) is 1.18. The highest BCUT2D eigenvalue weighted by atomic mass is 19.1. The molecule has 0 saturated heterocycles. The topological polar surface area (TPSA) is 119 Å². The predicted molar refractivity (Wildman–Crippen MR) is 91.1 cm³/mol. The number of carbonyl (C=O) groups excluding carboxylic acids is 2. The number of hydrogen-bond donors (Lipinski definition) is 3. The molecule has 2 aromatic rings. The zero-order chi connectivity index (χ0) is 19.4. The Morgan fingerprint density at radius 3 is 2.42 bits per heavy atom. The van der Waals surface area contributed by atoms with Crippen LogP contribution in [-0.4, -0.2) is 30.0 Å². The molecule has 7 nitrogen and oxygen atoms in total. The van der Waals surface area contributed by atoms with E-state index in [1.54, 1.807) is 0 Å². The Morgan fingerprint density at radius 2 is 1.88 bits per heavy atom. The van der Waals surface area contributed by atoms with Crippen LogP contribution in [0.2, 0.25) is 0 Å². The van der Waals surface area contributed by atoms with Gasteiger partial charge in [0.1, 0.15) is 11.6 Å². The number of amides is 2. The minimum atomic E-state index is -1.33. The first-order valence-electron chi connectivity index (χ1n) is 7.52. The number of benzene rings is 2. The highest BCUT2D eigenvalue weighted by molar-refractivity contribution is 5.97. The van der Waals surface area contributed by atoms with Crippen LogP contribution < -0.4 is 15.8 Å². The number of hydrogen-bond acceptors (Lipinski definition) is 4. The molecule has 8 heteroatoms. The molecule has 136 valence electrons. The Kier molecular flexibility index (Phi) is 5.56. The Balaban J connectivity index is 2.57. The number of carbonyl (C=O) groups is 3. The van der Waals surface area contributed by atoms with Gasteiger partial charge in [-0.15, -0.1) is 0 Å². The Morgan fingerprint density at radius 1 is 1.19 bits per heavy atom. The molecular formula is C18H17FN2O5. The molecular weight excluding hydrogens is 343 g/mol. The second-order valence-corrected chi connectivity index (χ2v) is 5.49. The molecule has 2 rings (SSSR count). The summed E-state index contributed by atoms with van der Waals surface area (Å²) in [7, 11) is 1.37.